The maximum atomic E-state index is 13.7. The van der Waals surface area contributed by atoms with Crippen molar-refractivity contribution in [2.75, 3.05) is 20.8 Å². The van der Waals surface area contributed by atoms with Crippen LogP contribution in [0.25, 0.3) is 10.8 Å². The smallest absolute Gasteiger partial charge is 0.342 e. The Morgan fingerprint density at radius 3 is 2.19 bits per heavy atom. The summed E-state index contributed by atoms with van der Waals surface area (Å²) in [5.41, 5.74) is 0.302. The van der Waals surface area contributed by atoms with Crippen LogP contribution in [-0.2, 0) is 4.74 Å². The zero-order chi connectivity index (χ0) is 19.4. The van der Waals surface area contributed by atoms with E-state index < -0.39 is 24.2 Å². The van der Waals surface area contributed by atoms with E-state index in [1.54, 1.807) is 12.1 Å². The summed E-state index contributed by atoms with van der Waals surface area (Å²) < 4.78 is 28.9. The molecule has 0 aliphatic carbocycles. The van der Waals surface area contributed by atoms with Crippen molar-refractivity contribution in [2.24, 2.45) is 0 Å². The summed E-state index contributed by atoms with van der Waals surface area (Å²) in [6.45, 7) is -0.513. The number of carbonyl (C=O) groups is 2. The van der Waals surface area contributed by atoms with Gasteiger partial charge in [0.05, 0.1) is 14.2 Å². The summed E-state index contributed by atoms with van der Waals surface area (Å²) in [5, 5.41) is 1.75. The van der Waals surface area contributed by atoms with Crippen LogP contribution in [0.1, 0.15) is 20.7 Å². The van der Waals surface area contributed by atoms with E-state index in [9.17, 15) is 14.0 Å². The normalized spacial score (nSPS) is 10.5. The Balaban J connectivity index is 1.76. The van der Waals surface area contributed by atoms with E-state index in [1.807, 2.05) is 24.3 Å². The molecule has 0 aliphatic rings. The minimum Gasteiger partial charge on any atom is -0.496 e. The highest BCUT2D eigenvalue weighted by atomic mass is 19.1. The van der Waals surface area contributed by atoms with Crippen LogP contribution >= 0.6 is 0 Å². The number of ketones is 1. The molecule has 3 aromatic rings. The first-order chi connectivity index (χ1) is 13.0. The number of benzene rings is 3. The number of rotatable bonds is 6. The molecular formula is C21H17FO5. The molecule has 0 N–H and O–H groups in total. The van der Waals surface area contributed by atoms with Gasteiger partial charge in [-0.2, -0.15) is 0 Å². The molecule has 138 valence electrons. The predicted molar refractivity (Wildman–Crippen MR) is 98.1 cm³/mol. The molecule has 0 spiro atoms. The van der Waals surface area contributed by atoms with Crippen LogP contribution in [0.4, 0.5) is 4.39 Å². The fourth-order valence-electron chi connectivity index (χ4n) is 2.68. The molecule has 0 bridgehead atoms. The molecule has 0 radical (unpaired) electrons. The lowest BCUT2D eigenvalue weighted by Gasteiger charge is -2.10. The predicted octanol–water partition coefficient (Wildman–Crippen LogP) is 4.04. The molecule has 0 aliphatic heterocycles. The standard InChI is InChI=1S/C21H17FO5/c1-25-19-8-7-15(10-17(19)22)18(23)12-27-21(24)16-9-13-5-3-4-6-14(13)11-20(16)26-2/h3-11H,12H2,1-2H3. The monoisotopic (exact) mass is 368 g/mol. The Morgan fingerprint density at radius 1 is 0.889 bits per heavy atom. The highest BCUT2D eigenvalue weighted by Crippen LogP contribution is 2.26. The summed E-state index contributed by atoms with van der Waals surface area (Å²) in [6, 6.07) is 14.7. The van der Waals surface area contributed by atoms with Crippen molar-refractivity contribution in [3.8, 4) is 11.5 Å². The number of halogens is 1. The van der Waals surface area contributed by atoms with Crippen LogP contribution in [0.2, 0.25) is 0 Å². The Labute approximate surface area is 155 Å². The van der Waals surface area contributed by atoms with Crippen LogP contribution in [0.5, 0.6) is 11.5 Å². The maximum Gasteiger partial charge on any atom is 0.342 e. The van der Waals surface area contributed by atoms with Crippen molar-refractivity contribution in [1.29, 1.82) is 0 Å². The van der Waals surface area contributed by atoms with E-state index in [1.165, 1.54) is 26.4 Å². The molecular weight excluding hydrogens is 351 g/mol. The number of methoxy groups -OCH3 is 2. The minimum atomic E-state index is -0.695. The molecule has 0 fully saturated rings. The Hall–Kier alpha value is -3.41. The van der Waals surface area contributed by atoms with E-state index >= 15 is 0 Å². The molecule has 27 heavy (non-hydrogen) atoms. The lowest BCUT2D eigenvalue weighted by molar-refractivity contribution is 0.0471. The van der Waals surface area contributed by atoms with Crippen LogP contribution in [0.3, 0.4) is 0 Å². The second kappa shape index (κ2) is 7.86. The highest BCUT2D eigenvalue weighted by Gasteiger charge is 2.18. The molecule has 0 unspecified atom stereocenters. The topological polar surface area (TPSA) is 61.8 Å². The lowest BCUT2D eigenvalue weighted by atomic mass is 10.1. The van der Waals surface area contributed by atoms with Gasteiger partial charge in [0, 0.05) is 5.56 Å². The van der Waals surface area contributed by atoms with E-state index in [-0.39, 0.29) is 16.9 Å². The van der Waals surface area contributed by atoms with Gasteiger partial charge < -0.3 is 14.2 Å². The third kappa shape index (κ3) is 3.89. The number of hydrogen-bond donors (Lipinski definition) is 0. The quantitative estimate of drug-likeness (QED) is 0.485. The van der Waals surface area contributed by atoms with Gasteiger partial charge >= 0.3 is 5.97 Å². The molecule has 6 heteroatoms. The molecule has 0 saturated carbocycles. The largest absolute Gasteiger partial charge is 0.496 e. The first-order valence-electron chi connectivity index (χ1n) is 8.14. The molecule has 0 amide bonds. The fraction of sp³-hybridized carbons (Fsp3) is 0.143. The number of carbonyl (C=O) groups excluding carboxylic acids is 2. The van der Waals surface area contributed by atoms with E-state index in [4.69, 9.17) is 14.2 Å². The van der Waals surface area contributed by atoms with Crippen molar-refractivity contribution in [3.05, 3.63) is 71.5 Å². The summed E-state index contributed by atoms with van der Waals surface area (Å²) >= 11 is 0. The zero-order valence-corrected chi connectivity index (χ0v) is 14.8. The Bertz CT molecular complexity index is 1010. The van der Waals surface area contributed by atoms with Gasteiger partial charge in [-0.1, -0.05) is 24.3 Å². The summed E-state index contributed by atoms with van der Waals surface area (Å²) in [6.07, 6.45) is 0. The second-order valence-corrected chi connectivity index (χ2v) is 5.75. The average Bonchev–Trinajstić information content (AvgIpc) is 2.70. The van der Waals surface area contributed by atoms with Crippen molar-refractivity contribution in [1.82, 2.24) is 0 Å². The molecule has 0 aromatic heterocycles. The van der Waals surface area contributed by atoms with Gasteiger partial charge in [0.25, 0.3) is 0 Å². The molecule has 0 saturated heterocycles. The van der Waals surface area contributed by atoms with Crippen LogP contribution in [0.15, 0.2) is 54.6 Å². The second-order valence-electron chi connectivity index (χ2n) is 5.75. The summed E-state index contributed by atoms with van der Waals surface area (Å²) in [7, 11) is 2.78. The number of esters is 1. The van der Waals surface area contributed by atoms with E-state index in [2.05, 4.69) is 0 Å². The van der Waals surface area contributed by atoms with Crippen molar-refractivity contribution in [2.45, 2.75) is 0 Å². The summed E-state index contributed by atoms with van der Waals surface area (Å²) in [4.78, 5) is 24.6. The van der Waals surface area contributed by atoms with Crippen molar-refractivity contribution in [3.63, 3.8) is 0 Å². The molecule has 0 heterocycles. The minimum absolute atomic E-state index is 0.0319. The van der Waals surface area contributed by atoms with Gasteiger partial charge in [-0.15, -0.1) is 0 Å². The third-order valence-electron chi connectivity index (χ3n) is 4.10. The first kappa shape index (κ1) is 18.4. The highest BCUT2D eigenvalue weighted by molar-refractivity contribution is 6.02. The maximum absolute atomic E-state index is 13.7. The molecule has 5 nitrogen and oxygen atoms in total. The van der Waals surface area contributed by atoms with Crippen molar-refractivity contribution >= 4 is 22.5 Å². The van der Waals surface area contributed by atoms with Crippen molar-refractivity contribution < 1.29 is 28.2 Å². The van der Waals surface area contributed by atoms with Gasteiger partial charge in [-0.3, -0.25) is 4.79 Å². The number of ether oxygens (including phenoxy) is 3. The third-order valence-corrected chi connectivity index (χ3v) is 4.10. The summed E-state index contributed by atoms with van der Waals surface area (Å²) in [5.74, 6) is -1.50. The fourth-order valence-corrected chi connectivity index (χ4v) is 2.68. The number of fused-ring (bicyclic) bond motifs is 1. The van der Waals surface area contributed by atoms with Crippen LogP contribution in [-0.4, -0.2) is 32.6 Å². The number of Topliss-reactive ketones (excluding diaryl/α,β-unsaturated/α-hetero) is 1. The number of hydrogen-bond acceptors (Lipinski definition) is 5. The van der Waals surface area contributed by atoms with Crippen LogP contribution in [0, 0.1) is 5.82 Å². The van der Waals surface area contributed by atoms with Gasteiger partial charge in [-0.25, -0.2) is 9.18 Å². The Morgan fingerprint density at radius 2 is 1.56 bits per heavy atom. The van der Waals surface area contributed by atoms with E-state index in [0.29, 0.717) is 5.75 Å². The van der Waals surface area contributed by atoms with Gasteiger partial charge in [-0.05, 0) is 41.1 Å². The van der Waals surface area contributed by atoms with Gasteiger partial charge in [0.2, 0.25) is 0 Å². The van der Waals surface area contributed by atoms with E-state index in [0.717, 1.165) is 16.8 Å². The first-order valence-corrected chi connectivity index (χ1v) is 8.14. The van der Waals surface area contributed by atoms with Crippen LogP contribution < -0.4 is 9.47 Å². The lowest BCUT2D eigenvalue weighted by Crippen LogP contribution is -2.15. The average molecular weight is 368 g/mol. The van der Waals surface area contributed by atoms with Gasteiger partial charge in [0.15, 0.2) is 24.0 Å². The molecule has 0 atom stereocenters. The van der Waals surface area contributed by atoms with Gasteiger partial charge in [0.1, 0.15) is 11.3 Å². The SMILES string of the molecule is COc1ccc(C(=O)COC(=O)c2cc3ccccc3cc2OC)cc1F. The molecule has 3 rings (SSSR count). The molecule has 3 aromatic carbocycles. The zero-order valence-electron chi connectivity index (χ0n) is 14.8. The Kier molecular flexibility index (Phi) is 5.35.